The van der Waals surface area contributed by atoms with Crippen molar-refractivity contribution in [3.63, 3.8) is 0 Å². The van der Waals surface area contributed by atoms with Gasteiger partial charge in [0, 0.05) is 18.2 Å². The maximum absolute atomic E-state index is 12.8. The second kappa shape index (κ2) is 9.23. The maximum Gasteiger partial charge on any atom is 0.242 e. The minimum absolute atomic E-state index is 0. The number of rotatable bonds is 7. The first-order valence-corrected chi connectivity index (χ1v) is 11.3. The van der Waals surface area contributed by atoms with Crippen molar-refractivity contribution in [2.24, 2.45) is 5.73 Å². The predicted octanol–water partition coefficient (Wildman–Crippen LogP) is 1.43. The Morgan fingerprint density at radius 3 is 2.31 bits per heavy atom. The highest BCUT2D eigenvalue weighted by molar-refractivity contribution is 7.93. The molecule has 0 unspecified atom stereocenters. The van der Waals surface area contributed by atoms with Crippen LogP contribution in [0.4, 0.5) is 5.69 Å². The Labute approximate surface area is 161 Å². The second-order valence-corrected chi connectivity index (χ2v) is 9.79. The molecule has 0 saturated heterocycles. The summed E-state index contributed by atoms with van der Waals surface area (Å²) >= 11 is 0. The van der Waals surface area contributed by atoms with Gasteiger partial charge in [0.05, 0.1) is 18.6 Å². The number of anilines is 1. The zero-order valence-electron chi connectivity index (χ0n) is 14.8. The summed E-state index contributed by atoms with van der Waals surface area (Å²) in [6.07, 6.45) is 2.83. The van der Waals surface area contributed by atoms with Gasteiger partial charge in [0.25, 0.3) is 0 Å². The molecule has 4 N–H and O–H groups in total. The molecule has 1 saturated carbocycles. The molecule has 0 bridgehead atoms. The number of hydrogen-bond donors (Lipinski definition) is 3. The number of nitrogens with two attached hydrogens (primary N) is 1. The molecule has 11 heteroatoms. The first-order valence-electron chi connectivity index (χ1n) is 8.13. The van der Waals surface area contributed by atoms with Crippen LogP contribution in [0.1, 0.15) is 32.6 Å². The van der Waals surface area contributed by atoms with Crippen LogP contribution in [0.2, 0.25) is 0 Å². The lowest BCUT2D eigenvalue weighted by atomic mass is 9.93. The van der Waals surface area contributed by atoms with Crippen LogP contribution in [0.3, 0.4) is 0 Å². The van der Waals surface area contributed by atoms with Crippen LogP contribution >= 0.6 is 12.4 Å². The molecule has 1 aliphatic rings. The summed E-state index contributed by atoms with van der Waals surface area (Å²) in [5.41, 5.74) is 5.82. The van der Waals surface area contributed by atoms with Gasteiger partial charge in [-0.1, -0.05) is 0 Å². The summed E-state index contributed by atoms with van der Waals surface area (Å²) in [4.78, 5) is -0.125. The number of sulfonamides is 2. The van der Waals surface area contributed by atoms with E-state index in [1.807, 2.05) is 0 Å². The second-order valence-electron chi connectivity index (χ2n) is 6.10. The molecular formula is C15H26ClN3O5S2. The van der Waals surface area contributed by atoms with Gasteiger partial charge in [0.15, 0.2) is 0 Å². The van der Waals surface area contributed by atoms with E-state index in [1.165, 1.54) is 32.2 Å². The number of methoxy groups -OCH3 is 1. The molecule has 150 valence electrons. The molecule has 1 aromatic carbocycles. The zero-order chi connectivity index (χ0) is 18.7. The van der Waals surface area contributed by atoms with Crippen molar-refractivity contribution in [2.45, 2.75) is 49.6 Å². The topological polar surface area (TPSA) is 128 Å². The number of benzene rings is 1. The van der Waals surface area contributed by atoms with E-state index in [1.54, 1.807) is 0 Å². The Bertz CT molecular complexity index is 807. The van der Waals surface area contributed by atoms with Gasteiger partial charge < -0.3 is 10.5 Å². The lowest BCUT2D eigenvalue weighted by molar-refractivity contribution is 0.373. The van der Waals surface area contributed by atoms with Gasteiger partial charge in [0.1, 0.15) is 10.6 Å². The van der Waals surface area contributed by atoms with Crippen LogP contribution in [0.25, 0.3) is 0 Å². The minimum atomic E-state index is -3.89. The van der Waals surface area contributed by atoms with E-state index in [0.29, 0.717) is 18.6 Å². The van der Waals surface area contributed by atoms with E-state index in [2.05, 4.69) is 9.44 Å². The maximum atomic E-state index is 12.8. The lowest BCUT2D eigenvalue weighted by Gasteiger charge is -2.27. The van der Waals surface area contributed by atoms with Crippen molar-refractivity contribution in [1.82, 2.24) is 4.72 Å². The Morgan fingerprint density at radius 2 is 1.77 bits per heavy atom. The van der Waals surface area contributed by atoms with Crippen LogP contribution in [-0.2, 0) is 20.0 Å². The third-order valence-electron chi connectivity index (χ3n) is 4.22. The molecule has 0 atom stereocenters. The molecule has 0 amide bonds. The smallest absolute Gasteiger partial charge is 0.242 e. The molecule has 26 heavy (non-hydrogen) atoms. The summed E-state index contributed by atoms with van der Waals surface area (Å²) < 4.78 is 59.3. The Hall–Kier alpha value is -1.07. The fraction of sp³-hybridized carbons (Fsp3) is 0.600. The highest BCUT2D eigenvalue weighted by Crippen LogP contribution is 2.28. The molecule has 0 radical (unpaired) electrons. The Morgan fingerprint density at radius 1 is 1.15 bits per heavy atom. The van der Waals surface area contributed by atoms with Crippen LogP contribution in [0, 0.1) is 0 Å². The summed E-state index contributed by atoms with van der Waals surface area (Å²) in [5.74, 6) is 0.189. The molecule has 1 aromatic rings. The number of halogens is 1. The van der Waals surface area contributed by atoms with Gasteiger partial charge in [-0.05, 0) is 44.7 Å². The van der Waals surface area contributed by atoms with Crippen molar-refractivity contribution in [3.05, 3.63) is 18.2 Å². The standard InChI is InChI=1S/C15H25N3O5S2.ClH/c1-3-24(19,20)18-14-10-13(23-2)8-9-15(14)25(21,22)17-12-6-4-11(16)5-7-12;/h8-12,17-18H,3-7,16H2,1-2H3;1H. The number of nitrogens with one attached hydrogen (secondary N) is 2. The fourth-order valence-electron chi connectivity index (χ4n) is 2.71. The van der Waals surface area contributed by atoms with E-state index < -0.39 is 20.0 Å². The van der Waals surface area contributed by atoms with E-state index in [9.17, 15) is 16.8 Å². The largest absolute Gasteiger partial charge is 0.497 e. The lowest BCUT2D eigenvalue weighted by Crippen LogP contribution is -2.40. The van der Waals surface area contributed by atoms with Crippen molar-refractivity contribution in [3.8, 4) is 5.75 Å². The minimum Gasteiger partial charge on any atom is -0.497 e. The normalized spacial score (nSPS) is 20.9. The van der Waals surface area contributed by atoms with Crippen LogP contribution in [0.5, 0.6) is 5.75 Å². The molecule has 0 aliphatic heterocycles. The summed E-state index contributed by atoms with van der Waals surface area (Å²) in [6.45, 7) is 1.47. The zero-order valence-corrected chi connectivity index (χ0v) is 17.2. The Kier molecular flexibility index (Phi) is 8.15. The van der Waals surface area contributed by atoms with E-state index in [4.69, 9.17) is 10.5 Å². The van der Waals surface area contributed by atoms with E-state index in [-0.39, 0.29) is 40.8 Å². The SMILES string of the molecule is CCS(=O)(=O)Nc1cc(OC)ccc1S(=O)(=O)NC1CCC(N)CC1.Cl. The average molecular weight is 428 g/mol. The highest BCUT2D eigenvalue weighted by atomic mass is 35.5. The van der Waals surface area contributed by atoms with E-state index >= 15 is 0 Å². The third kappa shape index (κ3) is 5.98. The molecule has 8 nitrogen and oxygen atoms in total. The number of hydrogen-bond acceptors (Lipinski definition) is 6. The van der Waals surface area contributed by atoms with Gasteiger partial charge in [-0.15, -0.1) is 12.4 Å². The number of ether oxygens (including phenoxy) is 1. The molecule has 2 rings (SSSR count). The summed E-state index contributed by atoms with van der Waals surface area (Å²) in [7, 11) is -6.10. The van der Waals surface area contributed by atoms with Crippen molar-refractivity contribution in [2.75, 3.05) is 17.6 Å². The Balaban J connectivity index is 0.00000338. The van der Waals surface area contributed by atoms with Crippen LogP contribution < -0.4 is 19.9 Å². The van der Waals surface area contributed by atoms with Gasteiger partial charge >= 0.3 is 0 Å². The van der Waals surface area contributed by atoms with Crippen molar-refractivity contribution < 1.29 is 21.6 Å². The van der Waals surface area contributed by atoms with Gasteiger partial charge in [-0.2, -0.15) is 0 Å². The first-order chi connectivity index (χ1) is 11.7. The molecule has 0 heterocycles. The van der Waals surface area contributed by atoms with Gasteiger partial charge in [-0.25, -0.2) is 21.6 Å². The van der Waals surface area contributed by atoms with Crippen molar-refractivity contribution in [1.29, 1.82) is 0 Å². The predicted molar refractivity (Wildman–Crippen MR) is 104 cm³/mol. The highest BCUT2D eigenvalue weighted by Gasteiger charge is 2.27. The van der Waals surface area contributed by atoms with E-state index in [0.717, 1.165) is 12.8 Å². The van der Waals surface area contributed by atoms with Crippen LogP contribution in [0.15, 0.2) is 23.1 Å². The third-order valence-corrected chi connectivity index (χ3v) is 7.09. The molecule has 0 spiro atoms. The quantitative estimate of drug-likeness (QED) is 0.603. The van der Waals surface area contributed by atoms with Crippen molar-refractivity contribution >= 4 is 38.1 Å². The molecule has 1 aliphatic carbocycles. The van der Waals surface area contributed by atoms with Crippen LogP contribution in [-0.4, -0.2) is 41.8 Å². The van der Waals surface area contributed by atoms with Gasteiger partial charge in [-0.3, -0.25) is 4.72 Å². The molecular weight excluding hydrogens is 402 g/mol. The fourth-order valence-corrected chi connectivity index (χ4v) is 4.87. The summed E-state index contributed by atoms with van der Waals surface area (Å²) in [5, 5.41) is 0. The molecule has 1 fully saturated rings. The summed E-state index contributed by atoms with van der Waals surface area (Å²) in [6, 6.07) is 4.08. The molecule has 0 aromatic heterocycles. The monoisotopic (exact) mass is 427 g/mol. The van der Waals surface area contributed by atoms with Gasteiger partial charge in [0.2, 0.25) is 20.0 Å². The first kappa shape index (κ1) is 23.0. The average Bonchev–Trinajstić information content (AvgIpc) is 2.56.